The van der Waals surface area contributed by atoms with E-state index in [0.29, 0.717) is 54.6 Å². The Balaban J connectivity index is 1.52. The normalized spacial score (nSPS) is 18.2. The molecule has 0 radical (unpaired) electrons. The fraction of sp³-hybridized carbons (Fsp3) is 0.409. The lowest BCUT2D eigenvalue weighted by Gasteiger charge is -2.34. The standard InChI is InChI=1S/C22H24Cl2FNO4/c1-2-21(28)14-3-5-16(6-4-14)30-13-15(27)11-26-7-8-29-22(12-26)17-9-20(25)19(24)10-18(17)23/h3-6,9-10,15,22,27H,2,7-8,11-13H2,1H3. The summed E-state index contributed by atoms with van der Waals surface area (Å²) in [5.74, 6) is 0.117. The monoisotopic (exact) mass is 455 g/mol. The number of aliphatic hydroxyl groups excluding tert-OH is 1. The van der Waals surface area contributed by atoms with Gasteiger partial charge in [-0.15, -0.1) is 0 Å². The van der Waals surface area contributed by atoms with Gasteiger partial charge in [-0.05, 0) is 36.4 Å². The van der Waals surface area contributed by atoms with Crippen LogP contribution in [0.3, 0.4) is 0 Å². The predicted molar refractivity (Wildman–Crippen MR) is 114 cm³/mol. The van der Waals surface area contributed by atoms with Crippen molar-refractivity contribution in [3.05, 3.63) is 63.4 Å². The van der Waals surface area contributed by atoms with E-state index in [-0.39, 0.29) is 17.4 Å². The summed E-state index contributed by atoms with van der Waals surface area (Å²) in [7, 11) is 0. The van der Waals surface area contributed by atoms with E-state index in [0.717, 1.165) is 0 Å². The number of benzene rings is 2. The number of Topliss-reactive ketones (excluding diaryl/α,β-unsaturated/α-hetero) is 1. The molecule has 8 heteroatoms. The third kappa shape index (κ3) is 5.93. The maximum Gasteiger partial charge on any atom is 0.162 e. The van der Waals surface area contributed by atoms with E-state index < -0.39 is 18.0 Å². The van der Waals surface area contributed by atoms with Crippen molar-refractivity contribution in [1.82, 2.24) is 4.90 Å². The van der Waals surface area contributed by atoms with Crippen molar-refractivity contribution in [3.8, 4) is 5.75 Å². The van der Waals surface area contributed by atoms with Gasteiger partial charge in [-0.3, -0.25) is 9.69 Å². The highest BCUT2D eigenvalue weighted by molar-refractivity contribution is 6.35. The van der Waals surface area contributed by atoms with E-state index in [2.05, 4.69) is 0 Å². The SMILES string of the molecule is CCC(=O)c1ccc(OCC(O)CN2CCOC(c3cc(F)c(Cl)cc3Cl)C2)cc1. The molecule has 1 fully saturated rings. The molecule has 2 atom stereocenters. The molecule has 3 rings (SSSR count). The number of rotatable bonds is 8. The van der Waals surface area contributed by atoms with Crippen LogP contribution < -0.4 is 4.74 Å². The summed E-state index contributed by atoms with van der Waals surface area (Å²) in [4.78, 5) is 13.7. The van der Waals surface area contributed by atoms with Crippen LogP contribution in [0.5, 0.6) is 5.75 Å². The number of halogens is 3. The fourth-order valence-corrected chi connectivity index (χ4v) is 3.83. The lowest BCUT2D eigenvalue weighted by molar-refractivity contribution is -0.0460. The van der Waals surface area contributed by atoms with Crippen LogP contribution in [0.2, 0.25) is 10.0 Å². The largest absolute Gasteiger partial charge is 0.491 e. The second-order valence-electron chi connectivity index (χ2n) is 7.17. The Hall–Kier alpha value is -1.70. The predicted octanol–water partition coefficient (Wildman–Crippen LogP) is 4.54. The summed E-state index contributed by atoms with van der Waals surface area (Å²) < 4.78 is 25.2. The van der Waals surface area contributed by atoms with Gasteiger partial charge in [-0.25, -0.2) is 4.39 Å². The van der Waals surface area contributed by atoms with E-state index in [9.17, 15) is 14.3 Å². The van der Waals surface area contributed by atoms with Gasteiger partial charge >= 0.3 is 0 Å². The number of β-amino-alcohol motifs (C(OH)–C–C–N with tert-alkyl or cyclic N) is 1. The van der Waals surface area contributed by atoms with Crippen molar-refractivity contribution in [3.63, 3.8) is 0 Å². The maximum atomic E-state index is 13.8. The molecule has 1 heterocycles. The number of ether oxygens (including phenoxy) is 2. The number of aliphatic hydroxyl groups is 1. The third-order valence-electron chi connectivity index (χ3n) is 4.95. The Kier molecular flexibility index (Phi) is 8.08. The average Bonchev–Trinajstić information content (AvgIpc) is 2.75. The Bertz CT molecular complexity index is 878. The lowest BCUT2D eigenvalue weighted by Crippen LogP contribution is -2.43. The van der Waals surface area contributed by atoms with Gasteiger partial charge in [0.1, 0.15) is 24.3 Å². The molecule has 1 aliphatic heterocycles. The molecule has 1 saturated heterocycles. The van der Waals surface area contributed by atoms with Crippen LogP contribution in [0.1, 0.15) is 35.4 Å². The minimum absolute atomic E-state index is 0.0314. The van der Waals surface area contributed by atoms with Gasteiger partial charge < -0.3 is 14.6 Å². The van der Waals surface area contributed by atoms with Crippen LogP contribution in [-0.2, 0) is 4.74 Å². The third-order valence-corrected chi connectivity index (χ3v) is 5.56. The summed E-state index contributed by atoms with van der Waals surface area (Å²) in [6, 6.07) is 9.54. The number of ketones is 1. The van der Waals surface area contributed by atoms with Crippen LogP contribution in [0.15, 0.2) is 36.4 Å². The molecule has 0 aromatic heterocycles. The molecule has 5 nitrogen and oxygen atoms in total. The first kappa shape index (κ1) is 23.0. The van der Waals surface area contributed by atoms with Gasteiger partial charge in [0, 0.05) is 42.2 Å². The summed E-state index contributed by atoms with van der Waals surface area (Å²) in [5.41, 5.74) is 1.18. The zero-order valence-electron chi connectivity index (χ0n) is 16.6. The van der Waals surface area contributed by atoms with Gasteiger partial charge in [0.2, 0.25) is 0 Å². The maximum absolute atomic E-state index is 13.8. The van der Waals surface area contributed by atoms with E-state index >= 15 is 0 Å². The zero-order valence-corrected chi connectivity index (χ0v) is 18.1. The van der Waals surface area contributed by atoms with E-state index in [1.807, 2.05) is 11.8 Å². The summed E-state index contributed by atoms with van der Waals surface area (Å²) in [6.07, 6.45) is -0.680. The van der Waals surface area contributed by atoms with Crippen molar-refractivity contribution >= 4 is 29.0 Å². The van der Waals surface area contributed by atoms with Gasteiger partial charge in [0.05, 0.1) is 17.7 Å². The highest BCUT2D eigenvalue weighted by Crippen LogP contribution is 2.32. The second-order valence-corrected chi connectivity index (χ2v) is 7.99. The molecule has 0 saturated carbocycles. The molecular weight excluding hydrogens is 432 g/mol. The molecule has 1 aliphatic rings. The van der Waals surface area contributed by atoms with Crippen LogP contribution in [0, 0.1) is 5.82 Å². The van der Waals surface area contributed by atoms with Gasteiger partial charge in [-0.1, -0.05) is 30.1 Å². The van der Waals surface area contributed by atoms with Gasteiger partial charge in [0.15, 0.2) is 5.78 Å². The van der Waals surface area contributed by atoms with Crippen molar-refractivity contribution < 1.29 is 23.8 Å². The highest BCUT2D eigenvalue weighted by Gasteiger charge is 2.26. The highest BCUT2D eigenvalue weighted by atomic mass is 35.5. The first-order valence-electron chi connectivity index (χ1n) is 9.80. The van der Waals surface area contributed by atoms with E-state index in [4.69, 9.17) is 32.7 Å². The Labute approximate surface area is 185 Å². The van der Waals surface area contributed by atoms with Crippen LogP contribution in [-0.4, -0.2) is 54.7 Å². The zero-order chi connectivity index (χ0) is 21.7. The fourth-order valence-electron chi connectivity index (χ4n) is 3.33. The Morgan fingerprint density at radius 3 is 2.73 bits per heavy atom. The first-order chi connectivity index (χ1) is 14.4. The van der Waals surface area contributed by atoms with Crippen molar-refractivity contribution in [2.24, 2.45) is 0 Å². The van der Waals surface area contributed by atoms with E-state index in [1.54, 1.807) is 24.3 Å². The van der Waals surface area contributed by atoms with Crippen molar-refractivity contribution in [1.29, 1.82) is 0 Å². The molecule has 0 amide bonds. The van der Waals surface area contributed by atoms with Gasteiger partial charge in [-0.2, -0.15) is 0 Å². The number of carbonyl (C=O) groups is 1. The molecule has 0 bridgehead atoms. The molecule has 162 valence electrons. The molecule has 30 heavy (non-hydrogen) atoms. The molecular formula is C22H24Cl2FNO4. The first-order valence-corrected chi connectivity index (χ1v) is 10.6. The van der Waals surface area contributed by atoms with Crippen LogP contribution in [0.25, 0.3) is 0 Å². The van der Waals surface area contributed by atoms with Crippen molar-refractivity contribution in [2.45, 2.75) is 25.6 Å². The molecule has 0 spiro atoms. The Morgan fingerprint density at radius 1 is 1.30 bits per heavy atom. The quantitative estimate of drug-likeness (QED) is 0.467. The average molecular weight is 456 g/mol. The number of hydrogen-bond donors (Lipinski definition) is 1. The summed E-state index contributed by atoms with van der Waals surface area (Å²) >= 11 is 12.0. The Morgan fingerprint density at radius 2 is 2.03 bits per heavy atom. The minimum atomic E-state index is -0.724. The number of carbonyl (C=O) groups excluding carboxylic acids is 1. The molecule has 0 aliphatic carbocycles. The smallest absolute Gasteiger partial charge is 0.162 e. The topological polar surface area (TPSA) is 59.0 Å². The molecule has 1 N–H and O–H groups in total. The van der Waals surface area contributed by atoms with Crippen molar-refractivity contribution in [2.75, 3.05) is 32.8 Å². The summed E-state index contributed by atoms with van der Waals surface area (Å²) in [6.45, 7) is 3.84. The van der Waals surface area contributed by atoms with Crippen LogP contribution in [0.4, 0.5) is 4.39 Å². The number of nitrogens with zero attached hydrogens (tertiary/aromatic N) is 1. The number of hydrogen-bond acceptors (Lipinski definition) is 5. The minimum Gasteiger partial charge on any atom is -0.491 e. The lowest BCUT2D eigenvalue weighted by atomic mass is 10.1. The van der Waals surface area contributed by atoms with E-state index in [1.165, 1.54) is 12.1 Å². The van der Waals surface area contributed by atoms with Gasteiger partial charge in [0.25, 0.3) is 0 Å². The second kappa shape index (κ2) is 10.6. The molecule has 2 aromatic rings. The molecule has 2 aromatic carbocycles. The van der Waals surface area contributed by atoms with Crippen LogP contribution >= 0.6 is 23.2 Å². The molecule has 2 unspecified atom stereocenters. The number of morpholine rings is 1. The summed E-state index contributed by atoms with van der Waals surface area (Å²) in [5, 5.41) is 10.7.